The summed E-state index contributed by atoms with van der Waals surface area (Å²) in [5.74, 6) is -2.98. The molecule has 0 aliphatic carbocycles. The van der Waals surface area contributed by atoms with Crippen molar-refractivity contribution in [2.75, 3.05) is 242 Å². The molecule has 0 spiro atoms. The number of carbonyl (C=O) groups excluding carboxylic acids is 12. The van der Waals surface area contributed by atoms with E-state index in [0.29, 0.717) is 111 Å². The van der Waals surface area contributed by atoms with E-state index in [1.165, 1.54) is 0 Å². The number of hydrogen-bond acceptors (Lipinski definition) is 25. The van der Waals surface area contributed by atoms with Crippen LogP contribution in [0.15, 0.2) is 0 Å². The van der Waals surface area contributed by atoms with Crippen molar-refractivity contribution in [2.24, 2.45) is 45.9 Å². The second-order valence-corrected chi connectivity index (χ2v) is 23.4. The van der Waals surface area contributed by atoms with Gasteiger partial charge < -0.3 is 134 Å². The lowest BCUT2D eigenvalue weighted by Gasteiger charge is -2.28. The van der Waals surface area contributed by atoms with Crippen molar-refractivity contribution in [3.05, 3.63) is 0 Å². The molecule has 0 bridgehead atoms. The SMILES string of the molecule is NCCNC(=O)CC=[N+](CCNC(=O)CCN(CCC(=O)NCCN(CCC(=O)NCCN)CCC(=O)NCCN)CCN(CCC(=O)NCCN(CCC(=O)NCCN)CCC(=O)NCCN)CCC(=O)NCCN(CCC(=O)NCCN)CCC(=O)NCCN)CCC(=O)NCCN. The molecule has 0 fully saturated rings. The number of amides is 12. The molecule has 576 valence electrons. The zero-order valence-corrected chi connectivity index (χ0v) is 59.4. The molecule has 0 aromatic carbocycles. The van der Waals surface area contributed by atoms with E-state index >= 15 is 0 Å². The molecule has 12 amide bonds. The van der Waals surface area contributed by atoms with Gasteiger partial charge in [-0.25, -0.2) is 4.58 Å². The summed E-state index contributed by atoms with van der Waals surface area (Å²) in [6, 6.07) is 0. The fourth-order valence-corrected chi connectivity index (χ4v) is 9.44. The summed E-state index contributed by atoms with van der Waals surface area (Å²) in [4.78, 5) is 164. The number of hydrogen-bond donors (Lipinski definition) is 20. The van der Waals surface area contributed by atoms with Gasteiger partial charge in [0.25, 0.3) is 0 Å². The highest BCUT2D eigenvalue weighted by atomic mass is 16.2. The molecule has 0 aromatic rings. The van der Waals surface area contributed by atoms with E-state index in [9.17, 15) is 57.5 Å². The van der Waals surface area contributed by atoms with Crippen molar-refractivity contribution >= 4 is 77.1 Å². The zero-order chi connectivity index (χ0) is 74.2. The topological polar surface area (TPSA) is 577 Å². The molecule has 38 nitrogen and oxygen atoms in total. The largest absolute Gasteiger partial charge is 0.355 e. The molecule has 0 unspecified atom stereocenters. The number of nitrogens with two attached hydrogens (primary N) is 8. The Hall–Kier alpha value is -7.21. The summed E-state index contributed by atoms with van der Waals surface area (Å²) in [5, 5.41) is 33.6. The maximum absolute atomic E-state index is 13.7. The van der Waals surface area contributed by atoms with Crippen LogP contribution in [0.25, 0.3) is 0 Å². The molecule has 0 saturated carbocycles. The highest BCUT2D eigenvalue weighted by Crippen LogP contribution is 2.04. The van der Waals surface area contributed by atoms with Crippen LogP contribution in [0, 0.1) is 0 Å². The highest BCUT2D eigenvalue weighted by Gasteiger charge is 2.20. The molecule has 0 aliphatic rings. The first-order valence-electron chi connectivity index (χ1n) is 35.2. The lowest BCUT2D eigenvalue weighted by molar-refractivity contribution is -0.521. The first kappa shape index (κ1) is 92.8. The Labute approximate surface area is 590 Å². The minimum absolute atomic E-state index is 0.000540. The van der Waals surface area contributed by atoms with Gasteiger partial charge in [-0.1, -0.05) is 0 Å². The quantitative estimate of drug-likeness (QED) is 0.0199. The van der Waals surface area contributed by atoms with Crippen molar-refractivity contribution in [3.63, 3.8) is 0 Å². The molecule has 0 heterocycles. The van der Waals surface area contributed by atoms with Crippen molar-refractivity contribution < 1.29 is 62.1 Å². The van der Waals surface area contributed by atoms with Crippen LogP contribution in [0.4, 0.5) is 0 Å². The standard InChI is InChI=1S/C62H126N26O12/c63-13-21-71-51(89)1-33-83(34-2-52(90)72-22-14-64)45-29-79-59(97)9-41-87(42-10-60(98)80-30-46-84(35-3-53(91)73-23-15-65)36-4-54(92)74-24-16-66)49-50-88(43-11-61(99)81-31-47-85(37-5-55(93)75-25-17-67)38-6-56(94)76-26-18-68)44-12-62(100)82-32-48-86(39-7-57(95)77-27-19-69)40-8-58(96)78-28-20-70/h33H,1-32,34-50,63-70H2,(H11-,71,72,73,74,75,76,77,78,79,80,81,82,89,90,91,92,93,94,95,96,97,98,99,100)/p+1. The van der Waals surface area contributed by atoms with Crippen LogP contribution in [0.3, 0.4) is 0 Å². The number of nitrogens with one attached hydrogen (secondary N) is 12. The van der Waals surface area contributed by atoms with E-state index in [4.69, 9.17) is 45.9 Å². The summed E-state index contributed by atoms with van der Waals surface area (Å²) in [6.45, 7) is 9.97. The molecule has 0 saturated heterocycles. The average molecular weight is 1430 g/mol. The van der Waals surface area contributed by atoms with Crippen LogP contribution < -0.4 is 110 Å². The maximum Gasteiger partial charge on any atom is 0.229 e. The molecule has 28 N–H and O–H groups in total. The van der Waals surface area contributed by atoms with Crippen LogP contribution in [-0.2, 0) is 57.5 Å². The van der Waals surface area contributed by atoms with Gasteiger partial charge in [-0.2, -0.15) is 0 Å². The summed E-state index contributed by atoms with van der Waals surface area (Å²) in [7, 11) is 0. The molecule has 100 heavy (non-hydrogen) atoms. The van der Waals surface area contributed by atoms with E-state index < -0.39 is 0 Å². The van der Waals surface area contributed by atoms with Gasteiger partial charge in [0.2, 0.25) is 70.9 Å². The van der Waals surface area contributed by atoms with Crippen LogP contribution in [0.5, 0.6) is 0 Å². The Morgan fingerprint density at radius 2 is 0.390 bits per heavy atom. The third-order valence-corrected chi connectivity index (χ3v) is 15.1. The summed E-state index contributed by atoms with van der Waals surface area (Å²) in [5.41, 5.74) is 44.5. The Morgan fingerprint density at radius 3 is 0.610 bits per heavy atom. The Balaban J connectivity index is 6.84. The fraction of sp³-hybridized carbons (Fsp3) is 0.790. The Kier molecular flexibility index (Phi) is 59.3. The van der Waals surface area contributed by atoms with Crippen molar-refractivity contribution in [3.8, 4) is 0 Å². The van der Waals surface area contributed by atoms with Gasteiger partial charge >= 0.3 is 0 Å². The van der Waals surface area contributed by atoms with E-state index in [1.54, 1.807) is 10.8 Å². The van der Waals surface area contributed by atoms with Gasteiger partial charge in [-0.05, 0) is 0 Å². The van der Waals surface area contributed by atoms with E-state index in [2.05, 4.69) is 63.8 Å². The molecule has 0 atom stereocenters. The van der Waals surface area contributed by atoms with Gasteiger partial charge in [-0.3, -0.25) is 57.5 Å². The Morgan fingerprint density at radius 1 is 0.210 bits per heavy atom. The molecule has 0 rings (SSSR count). The minimum Gasteiger partial charge on any atom is -0.355 e. The van der Waals surface area contributed by atoms with Crippen LogP contribution >= 0.6 is 0 Å². The number of nitrogens with zero attached hydrogens (tertiary/aromatic N) is 6. The second kappa shape index (κ2) is 63.9. The molecule has 0 aromatic heterocycles. The number of carbonyl (C=O) groups is 12. The lowest BCUT2D eigenvalue weighted by atomic mass is 10.2. The van der Waals surface area contributed by atoms with Gasteiger partial charge in [0.05, 0.1) is 13.0 Å². The van der Waals surface area contributed by atoms with Gasteiger partial charge in [-0.15, -0.1) is 0 Å². The van der Waals surface area contributed by atoms with Crippen molar-refractivity contribution in [1.82, 2.24) is 88.3 Å². The highest BCUT2D eigenvalue weighted by molar-refractivity contribution is 5.88. The van der Waals surface area contributed by atoms with E-state index in [1.807, 2.05) is 24.5 Å². The van der Waals surface area contributed by atoms with Crippen molar-refractivity contribution in [2.45, 2.75) is 77.0 Å². The normalized spacial score (nSPS) is 11.3. The summed E-state index contributed by atoms with van der Waals surface area (Å²) in [6.07, 6.45) is 2.61. The summed E-state index contributed by atoms with van der Waals surface area (Å²) < 4.78 is 1.78. The van der Waals surface area contributed by atoms with Gasteiger partial charge in [0, 0.05) is 287 Å². The molecule has 0 aliphatic heterocycles. The zero-order valence-electron chi connectivity index (χ0n) is 59.4. The smallest absolute Gasteiger partial charge is 0.229 e. The molecular weight excluding hydrogens is 1300 g/mol. The van der Waals surface area contributed by atoms with E-state index in [-0.39, 0.29) is 279 Å². The Bertz CT molecular complexity index is 2200. The predicted octanol–water partition coefficient (Wildman–Crippen LogP) is -11.7. The van der Waals surface area contributed by atoms with Crippen LogP contribution in [-0.4, -0.2) is 348 Å². The van der Waals surface area contributed by atoms with E-state index in [0.717, 1.165) is 0 Å². The second-order valence-electron chi connectivity index (χ2n) is 23.4. The van der Waals surface area contributed by atoms with Crippen molar-refractivity contribution in [1.29, 1.82) is 0 Å². The van der Waals surface area contributed by atoms with Crippen LogP contribution in [0.1, 0.15) is 77.0 Å². The molecule has 38 heteroatoms. The average Bonchev–Trinajstić information content (AvgIpc) is 1.08. The van der Waals surface area contributed by atoms with Gasteiger partial charge in [0.1, 0.15) is 12.6 Å². The number of rotatable bonds is 66. The minimum atomic E-state index is -0.318. The predicted molar refractivity (Wildman–Crippen MR) is 382 cm³/mol. The summed E-state index contributed by atoms with van der Waals surface area (Å²) >= 11 is 0. The lowest BCUT2D eigenvalue weighted by Crippen LogP contribution is -2.43. The molecule has 0 radical (unpaired) electrons. The maximum atomic E-state index is 13.7. The first-order chi connectivity index (χ1) is 48.2. The third kappa shape index (κ3) is 56.5. The third-order valence-electron chi connectivity index (χ3n) is 15.1. The first-order valence-corrected chi connectivity index (χ1v) is 35.2. The fourth-order valence-electron chi connectivity index (χ4n) is 9.44. The monoisotopic (exact) mass is 1430 g/mol. The van der Waals surface area contributed by atoms with Crippen LogP contribution in [0.2, 0.25) is 0 Å². The van der Waals surface area contributed by atoms with Gasteiger partial charge in [0.15, 0.2) is 13.1 Å². The molecular formula is C62H127N26O12+.